The number of hydrogen-bond donors (Lipinski definition) is 2. The number of rotatable bonds is 6. The molecule has 8 nitrogen and oxygen atoms in total. The number of hydrogen-bond acceptors (Lipinski definition) is 4. The van der Waals surface area contributed by atoms with Gasteiger partial charge in [0.25, 0.3) is 0 Å². The van der Waals surface area contributed by atoms with Gasteiger partial charge in [-0.05, 0) is 17.7 Å². The Hall–Kier alpha value is -3.03. The van der Waals surface area contributed by atoms with E-state index in [0.29, 0.717) is 32.6 Å². The molecule has 138 valence electrons. The number of carbonyl (C=O) groups is 2. The van der Waals surface area contributed by atoms with Crippen molar-refractivity contribution in [1.29, 1.82) is 0 Å². The van der Waals surface area contributed by atoms with E-state index in [2.05, 4.69) is 15.3 Å². The number of piperazine rings is 1. The Kier molecular flexibility index (Phi) is 5.73. The van der Waals surface area contributed by atoms with Gasteiger partial charge < -0.3 is 24.8 Å². The molecule has 1 aromatic carbocycles. The fourth-order valence-electron chi connectivity index (χ4n) is 2.88. The topological polar surface area (TPSA) is 90.6 Å². The third-order valence-electron chi connectivity index (χ3n) is 4.34. The summed E-state index contributed by atoms with van der Waals surface area (Å²) < 4.78 is 5.21. The van der Waals surface area contributed by atoms with Crippen LogP contribution in [0.25, 0.3) is 0 Å². The molecule has 8 heteroatoms. The smallest absolute Gasteiger partial charge is 0.317 e. The molecule has 1 aromatic heterocycles. The minimum atomic E-state index is -0.209. The lowest BCUT2D eigenvalue weighted by molar-refractivity contribution is -0.135. The van der Waals surface area contributed by atoms with Crippen LogP contribution < -0.4 is 10.1 Å². The van der Waals surface area contributed by atoms with Crippen LogP contribution in [-0.4, -0.2) is 65.0 Å². The molecule has 0 aliphatic carbocycles. The Bertz CT molecular complexity index is 747. The van der Waals surface area contributed by atoms with Gasteiger partial charge in [0.05, 0.1) is 13.4 Å². The van der Waals surface area contributed by atoms with Crippen molar-refractivity contribution in [3.63, 3.8) is 0 Å². The number of aromatic nitrogens is 2. The Labute approximate surface area is 152 Å². The van der Waals surface area contributed by atoms with E-state index in [0.717, 1.165) is 17.0 Å². The molecule has 2 heterocycles. The first kappa shape index (κ1) is 17.8. The molecular weight excluding hydrogens is 334 g/mol. The lowest BCUT2D eigenvalue weighted by Crippen LogP contribution is -2.54. The van der Waals surface area contributed by atoms with Gasteiger partial charge >= 0.3 is 6.03 Å². The number of benzene rings is 1. The molecule has 1 aliphatic heterocycles. The molecular formula is C18H23N5O3. The van der Waals surface area contributed by atoms with E-state index >= 15 is 0 Å². The lowest BCUT2D eigenvalue weighted by atomic mass is 10.2. The molecule has 1 aliphatic rings. The van der Waals surface area contributed by atoms with E-state index in [9.17, 15) is 9.59 Å². The highest BCUT2D eigenvalue weighted by atomic mass is 16.5. The van der Waals surface area contributed by atoms with E-state index in [1.807, 2.05) is 24.3 Å². The summed E-state index contributed by atoms with van der Waals surface area (Å²) in [6, 6.07) is 7.45. The van der Waals surface area contributed by atoms with Gasteiger partial charge in [0.15, 0.2) is 0 Å². The first-order valence-corrected chi connectivity index (χ1v) is 8.56. The van der Waals surface area contributed by atoms with E-state index in [1.54, 1.807) is 29.4 Å². The van der Waals surface area contributed by atoms with Gasteiger partial charge in [0.2, 0.25) is 5.91 Å². The van der Waals surface area contributed by atoms with Gasteiger partial charge in [-0.15, -0.1) is 0 Å². The largest absolute Gasteiger partial charge is 0.497 e. The Morgan fingerprint density at radius 2 is 2.27 bits per heavy atom. The van der Waals surface area contributed by atoms with Crippen LogP contribution in [0, 0.1) is 0 Å². The van der Waals surface area contributed by atoms with E-state index in [1.165, 1.54) is 0 Å². The van der Waals surface area contributed by atoms with Crippen LogP contribution in [-0.2, 0) is 17.8 Å². The second kappa shape index (κ2) is 8.37. The quantitative estimate of drug-likeness (QED) is 0.807. The van der Waals surface area contributed by atoms with Gasteiger partial charge in [0, 0.05) is 44.5 Å². The lowest BCUT2D eigenvalue weighted by Gasteiger charge is -2.34. The molecule has 2 aromatic rings. The third-order valence-corrected chi connectivity index (χ3v) is 4.34. The summed E-state index contributed by atoms with van der Waals surface area (Å²) in [6.07, 6.45) is 4.01. The average molecular weight is 357 g/mol. The summed E-state index contributed by atoms with van der Waals surface area (Å²) in [6.45, 7) is 2.15. The van der Waals surface area contributed by atoms with Crippen molar-refractivity contribution < 1.29 is 14.3 Å². The standard InChI is InChI=1S/C18H23N5O3/c1-26-16-4-2-3-14(9-16)11-22-7-8-23(12-17(22)24)18(25)20-6-5-15-10-19-13-21-15/h2-4,9-10,13H,5-8,11-12H2,1H3,(H,19,21)(H,20,25). The monoisotopic (exact) mass is 357 g/mol. The molecule has 0 radical (unpaired) electrons. The van der Waals surface area contributed by atoms with Crippen molar-refractivity contribution in [2.75, 3.05) is 33.3 Å². The predicted molar refractivity (Wildman–Crippen MR) is 95.7 cm³/mol. The summed E-state index contributed by atoms with van der Waals surface area (Å²) in [5.74, 6) is 0.716. The first-order chi connectivity index (χ1) is 12.7. The molecule has 2 N–H and O–H groups in total. The molecule has 3 rings (SSSR count). The van der Waals surface area contributed by atoms with Crippen molar-refractivity contribution in [3.8, 4) is 5.75 Å². The fourth-order valence-corrected chi connectivity index (χ4v) is 2.88. The zero-order valence-corrected chi connectivity index (χ0v) is 14.8. The molecule has 0 spiro atoms. The Morgan fingerprint density at radius 3 is 3.00 bits per heavy atom. The van der Waals surface area contributed by atoms with Crippen LogP contribution in [0.4, 0.5) is 4.79 Å². The van der Waals surface area contributed by atoms with Gasteiger partial charge in [-0.1, -0.05) is 12.1 Å². The average Bonchev–Trinajstić information content (AvgIpc) is 3.17. The van der Waals surface area contributed by atoms with E-state index in [-0.39, 0.29) is 18.5 Å². The van der Waals surface area contributed by atoms with Crippen molar-refractivity contribution in [2.45, 2.75) is 13.0 Å². The molecule has 0 unspecified atom stereocenters. The summed E-state index contributed by atoms with van der Waals surface area (Å²) >= 11 is 0. The molecule has 0 atom stereocenters. The molecule has 1 fully saturated rings. The summed E-state index contributed by atoms with van der Waals surface area (Å²) in [4.78, 5) is 34.9. The number of H-pyrrole nitrogens is 1. The highest BCUT2D eigenvalue weighted by Gasteiger charge is 2.27. The summed E-state index contributed by atoms with van der Waals surface area (Å²) in [5, 5.41) is 2.84. The van der Waals surface area contributed by atoms with Crippen molar-refractivity contribution >= 4 is 11.9 Å². The van der Waals surface area contributed by atoms with Crippen LogP contribution in [0.2, 0.25) is 0 Å². The molecule has 26 heavy (non-hydrogen) atoms. The molecule has 3 amide bonds. The molecule has 1 saturated heterocycles. The number of imidazole rings is 1. The van der Waals surface area contributed by atoms with Gasteiger partial charge in [-0.25, -0.2) is 9.78 Å². The number of nitrogens with zero attached hydrogens (tertiary/aromatic N) is 3. The normalized spacial score (nSPS) is 14.4. The van der Waals surface area contributed by atoms with Crippen molar-refractivity contribution in [1.82, 2.24) is 25.1 Å². The second-order valence-electron chi connectivity index (χ2n) is 6.15. The van der Waals surface area contributed by atoms with E-state index in [4.69, 9.17) is 4.74 Å². The third kappa shape index (κ3) is 4.53. The van der Waals surface area contributed by atoms with Crippen LogP contribution in [0.5, 0.6) is 5.75 Å². The van der Waals surface area contributed by atoms with Crippen LogP contribution >= 0.6 is 0 Å². The molecule has 0 saturated carbocycles. The maximum absolute atomic E-state index is 12.4. The maximum Gasteiger partial charge on any atom is 0.317 e. The zero-order chi connectivity index (χ0) is 18.4. The van der Waals surface area contributed by atoms with Crippen LogP contribution in [0.1, 0.15) is 11.3 Å². The summed E-state index contributed by atoms with van der Waals surface area (Å²) in [5.41, 5.74) is 1.97. The Balaban J connectivity index is 1.46. The highest BCUT2D eigenvalue weighted by molar-refractivity contribution is 5.85. The highest BCUT2D eigenvalue weighted by Crippen LogP contribution is 2.15. The van der Waals surface area contributed by atoms with Gasteiger partial charge in [-0.2, -0.15) is 0 Å². The number of methoxy groups -OCH3 is 1. The number of nitrogens with one attached hydrogen (secondary N) is 2. The first-order valence-electron chi connectivity index (χ1n) is 8.56. The predicted octanol–water partition coefficient (Wildman–Crippen LogP) is 1.01. The molecule has 0 bridgehead atoms. The number of ether oxygens (including phenoxy) is 1. The maximum atomic E-state index is 12.4. The van der Waals surface area contributed by atoms with E-state index < -0.39 is 0 Å². The second-order valence-corrected chi connectivity index (χ2v) is 6.15. The van der Waals surface area contributed by atoms with Crippen molar-refractivity contribution in [2.24, 2.45) is 0 Å². The minimum Gasteiger partial charge on any atom is -0.497 e. The number of carbonyl (C=O) groups excluding carboxylic acids is 2. The Morgan fingerprint density at radius 1 is 1.38 bits per heavy atom. The SMILES string of the molecule is COc1cccc(CN2CCN(C(=O)NCCc3cnc[nH]3)CC2=O)c1. The number of aromatic amines is 1. The van der Waals surface area contributed by atoms with Crippen molar-refractivity contribution in [3.05, 3.63) is 48.0 Å². The van der Waals surface area contributed by atoms with Gasteiger partial charge in [0.1, 0.15) is 12.3 Å². The van der Waals surface area contributed by atoms with Crippen LogP contribution in [0.3, 0.4) is 0 Å². The fraction of sp³-hybridized carbons (Fsp3) is 0.389. The van der Waals surface area contributed by atoms with Gasteiger partial charge in [-0.3, -0.25) is 4.79 Å². The number of urea groups is 1. The number of amides is 3. The van der Waals surface area contributed by atoms with Crippen LogP contribution in [0.15, 0.2) is 36.8 Å². The summed E-state index contributed by atoms with van der Waals surface area (Å²) in [7, 11) is 1.62. The minimum absolute atomic E-state index is 0.0530. The zero-order valence-electron chi connectivity index (χ0n) is 14.8.